The molecule has 2 aromatic carbocycles. The van der Waals surface area contributed by atoms with Crippen LogP contribution in [0.15, 0.2) is 54.6 Å². The zero-order chi connectivity index (χ0) is 23.2. The molecule has 31 heavy (non-hydrogen) atoms. The zero-order valence-electron chi connectivity index (χ0n) is 18.6. The van der Waals surface area contributed by atoms with E-state index < -0.39 is 28.7 Å². The molecule has 0 aliphatic carbocycles. The molecule has 0 heterocycles. The van der Waals surface area contributed by atoms with Crippen LogP contribution in [0.5, 0.6) is 0 Å². The molecule has 168 valence electrons. The highest BCUT2D eigenvalue weighted by atomic mass is 32.2. The highest BCUT2D eigenvalue weighted by Crippen LogP contribution is 2.21. The first-order chi connectivity index (χ1) is 14.6. The van der Waals surface area contributed by atoms with Gasteiger partial charge >= 0.3 is 10.2 Å². The van der Waals surface area contributed by atoms with Crippen LogP contribution in [0.2, 0.25) is 0 Å². The zero-order valence-corrected chi connectivity index (χ0v) is 19.4. The summed E-state index contributed by atoms with van der Waals surface area (Å²) in [5.41, 5.74) is 2.23. The Morgan fingerprint density at radius 1 is 1.00 bits per heavy atom. The number of hydrogen-bond acceptors (Lipinski definition) is 4. The van der Waals surface area contributed by atoms with Crippen LogP contribution in [0.1, 0.15) is 18.1 Å². The van der Waals surface area contributed by atoms with E-state index in [-0.39, 0.29) is 12.5 Å². The minimum Gasteiger partial charge on any atom is -0.357 e. The number of rotatable bonds is 9. The number of para-hydroxylation sites is 1. The number of anilines is 1. The number of nitrogens with zero attached hydrogens (tertiary/aromatic N) is 3. The topological polar surface area (TPSA) is 90.0 Å². The summed E-state index contributed by atoms with van der Waals surface area (Å²) in [4.78, 5) is 27.1. The average molecular weight is 447 g/mol. The van der Waals surface area contributed by atoms with Gasteiger partial charge in [-0.3, -0.25) is 9.59 Å². The molecule has 1 N–H and O–H groups in total. The van der Waals surface area contributed by atoms with Crippen molar-refractivity contribution in [3.63, 3.8) is 0 Å². The van der Waals surface area contributed by atoms with Crippen molar-refractivity contribution in [2.24, 2.45) is 0 Å². The van der Waals surface area contributed by atoms with Crippen LogP contribution in [-0.4, -0.2) is 63.2 Å². The van der Waals surface area contributed by atoms with Crippen molar-refractivity contribution in [1.82, 2.24) is 14.5 Å². The fourth-order valence-electron chi connectivity index (χ4n) is 3.07. The van der Waals surface area contributed by atoms with Crippen molar-refractivity contribution in [2.45, 2.75) is 26.4 Å². The van der Waals surface area contributed by atoms with Gasteiger partial charge in [0.15, 0.2) is 0 Å². The minimum atomic E-state index is -3.93. The Balaban J connectivity index is 2.43. The van der Waals surface area contributed by atoms with Gasteiger partial charge in [-0.25, -0.2) is 4.31 Å². The first kappa shape index (κ1) is 24.4. The second-order valence-corrected chi connectivity index (χ2v) is 9.44. The van der Waals surface area contributed by atoms with Crippen LogP contribution in [0.4, 0.5) is 5.69 Å². The molecular weight excluding hydrogens is 416 g/mol. The Labute approximate surface area is 184 Å². The number of hydrogen-bond donors (Lipinski definition) is 1. The van der Waals surface area contributed by atoms with E-state index in [1.165, 1.54) is 26.0 Å². The summed E-state index contributed by atoms with van der Waals surface area (Å²) in [6, 6.07) is 15.2. The molecule has 0 radical (unpaired) electrons. The molecule has 8 nitrogen and oxygen atoms in total. The van der Waals surface area contributed by atoms with Crippen LogP contribution in [0.25, 0.3) is 0 Å². The quantitative estimate of drug-likeness (QED) is 0.636. The Hall–Kier alpha value is -2.91. The standard InChI is InChI=1S/C22H30N4O4S/c1-17-11-9-10-12-19(17)15-25(18(2)22(28)23-3)21(27)16-26(31(29,30)24(4)5)20-13-7-6-8-14-20/h6-14,18H,15-16H2,1-5H3,(H,23,28). The maximum atomic E-state index is 13.4. The van der Waals surface area contributed by atoms with Crippen LogP contribution in [0.3, 0.4) is 0 Å². The van der Waals surface area contributed by atoms with Crippen LogP contribution in [-0.2, 0) is 26.3 Å². The summed E-state index contributed by atoms with van der Waals surface area (Å²) in [5.74, 6) is -0.808. The molecule has 0 aliphatic heterocycles. The second kappa shape index (κ2) is 10.4. The normalized spacial score (nSPS) is 12.3. The molecule has 1 atom stereocenters. The number of carbonyl (C=O) groups excluding carboxylic acids is 2. The lowest BCUT2D eigenvalue weighted by Crippen LogP contribution is -2.52. The molecule has 0 saturated heterocycles. The van der Waals surface area contributed by atoms with E-state index >= 15 is 0 Å². The highest BCUT2D eigenvalue weighted by molar-refractivity contribution is 7.90. The van der Waals surface area contributed by atoms with Gasteiger partial charge in [-0.1, -0.05) is 42.5 Å². The maximum absolute atomic E-state index is 13.4. The van der Waals surface area contributed by atoms with Crippen molar-refractivity contribution in [2.75, 3.05) is 32.0 Å². The predicted molar refractivity (Wildman–Crippen MR) is 122 cm³/mol. The summed E-state index contributed by atoms with van der Waals surface area (Å²) in [6.07, 6.45) is 0. The fourth-order valence-corrected chi connectivity index (χ4v) is 4.13. The molecule has 0 aromatic heterocycles. The van der Waals surface area contributed by atoms with Crippen molar-refractivity contribution in [1.29, 1.82) is 0 Å². The van der Waals surface area contributed by atoms with E-state index in [2.05, 4.69) is 5.32 Å². The number of aryl methyl sites for hydroxylation is 1. The summed E-state index contributed by atoms with van der Waals surface area (Å²) >= 11 is 0. The number of carbonyl (C=O) groups is 2. The van der Waals surface area contributed by atoms with Crippen molar-refractivity contribution < 1.29 is 18.0 Å². The number of amides is 2. The summed E-state index contributed by atoms with van der Waals surface area (Å²) < 4.78 is 28.0. The third-order valence-corrected chi connectivity index (χ3v) is 6.90. The van der Waals surface area contributed by atoms with Crippen molar-refractivity contribution in [3.8, 4) is 0 Å². The van der Waals surface area contributed by atoms with Gasteiger partial charge < -0.3 is 10.2 Å². The maximum Gasteiger partial charge on any atom is 0.304 e. The van der Waals surface area contributed by atoms with Crippen LogP contribution >= 0.6 is 0 Å². The monoisotopic (exact) mass is 446 g/mol. The number of likely N-dealkylation sites (N-methyl/N-ethyl adjacent to an activating group) is 1. The van der Waals surface area contributed by atoms with E-state index in [0.717, 1.165) is 19.7 Å². The van der Waals surface area contributed by atoms with Gasteiger partial charge in [0, 0.05) is 27.7 Å². The Morgan fingerprint density at radius 3 is 2.13 bits per heavy atom. The molecule has 2 rings (SSSR count). The summed E-state index contributed by atoms with van der Waals surface area (Å²) in [6.45, 7) is 3.31. The fraction of sp³-hybridized carbons (Fsp3) is 0.364. The van der Waals surface area contributed by atoms with Crippen molar-refractivity contribution >= 4 is 27.7 Å². The summed E-state index contributed by atoms with van der Waals surface area (Å²) in [5, 5.41) is 2.56. The van der Waals surface area contributed by atoms with Gasteiger partial charge in [0.2, 0.25) is 11.8 Å². The Morgan fingerprint density at radius 2 is 1.58 bits per heavy atom. The first-order valence-corrected chi connectivity index (χ1v) is 11.3. The summed E-state index contributed by atoms with van der Waals surface area (Å²) in [7, 11) is 0.389. The largest absolute Gasteiger partial charge is 0.357 e. The Bertz CT molecular complexity index is 1010. The van der Waals surface area contributed by atoms with Crippen LogP contribution < -0.4 is 9.62 Å². The van der Waals surface area contributed by atoms with Gasteiger partial charge in [-0.2, -0.15) is 12.7 Å². The highest BCUT2D eigenvalue weighted by Gasteiger charge is 2.32. The van der Waals surface area contributed by atoms with Crippen LogP contribution in [0, 0.1) is 6.92 Å². The van der Waals surface area contributed by atoms with E-state index in [0.29, 0.717) is 5.69 Å². The molecule has 0 fully saturated rings. The predicted octanol–water partition coefficient (Wildman–Crippen LogP) is 1.77. The number of benzene rings is 2. The Kier molecular flexibility index (Phi) is 8.18. The lowest BCUT2D eigenvalue weighted by atomic mass is 10.1. The van der Waals surface area contributed by atoms with E-state index in [4.69, 9.17) is 0 Å². The first-order valence-electron chi connectivity index (χ1n) is 9.90. The van der Waals surface area contributed by atoms with Gasteiger partial charge in [0.25, 0.3) is 0 Å². The molecule has 9 heteroatoms. The minimum absolute atomic E-state index is 0.185. The van der Waals surface area contributed by atoms with Gasteiger partial charge in [0.1, 0.15) is 12.6 Å². The molecule has 0 aliphatic rings. The van der Waals surface area contributed by atoms with Gasteiger partial charge in [-0.05, 0) is 37.1 Å². The lowest BCUT2D eigenvalue weighted by Gasteiger charge is -2.32. The molecular formula is C22H30N4O4S. The third-order valence-electron chi connectivity index (χ3n) is 5.08. The van der Waals surface area contributed by atoms with Crippen molar-refractivity contribution in [3.05, 3.63) is 65.7 Å². The van der Waals surface area contributed by atoms with Gasteiger partial charge in [0.05, 0.1) is 5.69 Å². The van der Waals surface area contributed by atoms with E-state index in [9.17, 15) is 18.0 Å². The van der Waals surface area contributed by atoms with Gasteiger partial charge in [-0.15, -0.1) is 0 Å². The number of nitrogens with one attached hydrogen (secondary N) is 1. The third kappa shape index (κ3) is 5.83. The lowest BCUT2D eigenvalue weighted by molar-refractivity contribution is -0.139. The molecule has 2 amide bonds. The molecule has 2 aromatic rings. The second-order valence-electron chi connectivity index (χ2n) is 7.37. The average Bonchev–Trinajstić information content (AvgIpc) is 2.76. The molecule has 0 spiro atoms. The van der Waals surface area contributed by atoms with E-state index in [1.54, 1.807) is 37.3 Å². The smallest absolute Gasteiger partial charge is 0.304 e. The molecule has 1 unspecified atom stereocenters. The van der Waals surface area contributed by atoms with E-state index in [1.807, 2.05) is 31.2 Å². The SMILES string of the molecule is CNC(=O)C(C)N(Cc1ccccc1C)C(=O)CN(c1ccccc1)S(=O)(=O)N(C)C. The molecule has 0 bridgehead atoms. The molecule has 0 saturated carbocycles.